The lowest BCUT2D eigenvalue weighted by molar-refractivity contribution is -0.130. The van der Waals surface area contributed by atoms with E-state index in [4.69, 9.17) is 9.16 Å². The number of hydrogen-bond acceptors (Lipinski definition) is 3. The molecule has 6 atom stereocenters. The molecule has 1 aromatic carbocycles. The van der Waals surface area contributed by atoms with Crippen LogP contribution in [0, 0.1) is 22.7 Å². The van der Waals surface area contributed by atoms with Crippen molar-refractivity contribution in [3.05, 3.63) is 42.0 Å². The van der Waals surface area contributed by atoms with E-state index < -0.39 is 8.32 Å². The maximum atomic E-state index is 12.7. The number of allylic oxidation sites excluding steroid dienone is 1. The Morgan fingerprint density at radius 1 is 1.16 bits per heavy atom. The number of nitrogens with zero attached hydrogens (tertiary/aromatic N) is 1. The van der Waals surface area contributed by atoms with Crippen molar-refractivity contribution in [1.82, 2.24) is 4.90 Å². The van der Waals surface area contributed by atoms with E-state index in [0.29, 0.717) is 36.2 Å². The number of carbonyl (C=O) groups excluding carboxylic acids is 1. The van der Waals surface area contributed by atoms with Crippen molar-refractivity contribution < 1.29 is 14.0 Å². The molecule has 1 amide bonds. The number of amides is 1. The number of methoxy groups -OCH3 is 1. The van der Waals surface area contributed by atoms with E-state index in [1.807, 2.05) is 11.9 Å². The van der Waals surface area contributed by atoms with Gasteiger partial charge in [0, 0.05) is 20.0 Å². The van der Waals surface area contributed by atoms with Gasteiger partial charge in [-0.1, -0.05) is 66.0 Å². The zero-order chi connectivity index (χ0) is 31.6. The summed E-state index contributed by atoms with van der Waals surface area (Å²) in [5.41, 5.74) is 3.28. The van der Waals surface area contributed by atoms with Crippen molar-refractivity contribution in [3.8, 4) is 5.75 Å². The Kier molecular flexibility index (Phi) is 10.7. The number of carbonyl (C=O) groups is 1. The topological polar surface area (TPSA) is 38.8 Å². The summed E-state index contributed by atoms with van der Waals surface area (Å²) in [4.78, 5) is 14.6. The largest absolute Gasteiger partial charge is 0.497 e. The summed E-state index contributed by atoms with van der Waals surface area (Å²) in [6.45, 7) is 22.2. The molecule has 0 aliphatic heterocycles. The minimum Gasteiger partial charge on any atom is -0.497 e. The van der Waals surface area contributed by atoms with Gasteiger partial charge in [0.2, 0.25) is 5.91 Å². The maximum Gasteiger partial charge on any atom is 0.222 e. The van der Waals surface area contributed by atoms with Crippen LogP contribution in [0.2, 0.25) is 18.1 Å². The van der Waals surface area contributed by atoms with Gasteiger partial charge in [0.1, 0.15) is 5.75 Å². The van der Waals surface area contributed by atoms with Crippen molar-refractivity contribution in [2.45, 2.75) is 142 Å². The first kappa shape index (κ1) is 34.3. The number of aryl methyl sites for hydroxylation is 1. The highest BCUT2D eigenvalue weighted by atomic mass is 28.4. The molecule has 0 aromatic heterocycles. The van der Waals surface area contributed by atoms with Crippen LogP contribution in [0.15, 0.2) is 30.9 Å². The zero-order valence-corrected chi connectivity index (χ0v) is 30.2. The molecule has 3 aliphatic rings. The van der Waals surface area contributed by atoms with Gasteiger partial charge in [-0.25, -0.2) is 0 Å². The lowest BCUT2D eigenvalue weighted by atomic mass is 9.44. The monoisotopic (exact) mass is 609 g/mol. The van der Waals surface area contributed by atoms with E-state index in [-0.39, 0.29) is 15.9 Å². The molecule has 3 unspecified atom stereocenters. The molecule has 2 saturated carbocycles. The molecular weight excluding hydrogens is 547 g/mol. The predicted octanol–water partition coefficient (Wildman–Crippen LogP) is 9.93. The van der Waals surface area contributed by atoms with Gasteiger partial charge in [-0.15, -0.1) is 6.58 Å². The number of rotatable bonds is 13. The molecule has 5 heteroatoms. The number of unbranched alkanes of at least 4 members (excludes halogenated alkanes) is 3. The molecule has 0 radical (unpaired) electrons. The number of fused-ring (bicyclic) bond motifs is 5. The number of hydrogen-bond donors (Lipinski definition) is 0. The van der Waals surface area contributed by atoms with Crippen LogP contribution in [0.3, 0.4) is 0 Å². The van der Waals surface area contributed by atoms with Crippen molar-refractivity contribution in [2.24, 2.45) is 22.7 Å². The van der Waals surface area contributed by atoms with E-state index in [9.17, 15) is 4.79 Å². The molecule has 3 aliphatic carbocycles. The third-order valence-corrected chi connectivity index (χ3v) is 17.0. The zero-order valence-electron chi connectivity index (χ0n) is 29.2. The summed E-state index contributed by atoms with van der Waals surface area (Å²) in [5, 5.41) is 0.207. The molecule has 0 saturated heterocycles. The molecular formula is C38H63NO3Si. The molecule has 2 fully saturated rings. The van der Waals surface area contributed by atoms with Gasteiger partial charge >= 0.3 is 0 Å². The summed E-state index contributed by atoms with van der Waals surface area (Å²) < 4.78 is 13.0. The lowest BCUT2D eigenvalue weighted by Crippen LogP contribution is -2.56. The molecule has 0 heterocycles. The second-order valence-electron chi connectivity index (χ2n) is 16.1. The predicted molar refractivity (Wildman–Crippen MR) is 183 cm³/mol. The molecule has 1 aromatic rings. The Morgan fingerprint density at radius 3 is 2.56 bits per heavy atom. The smallest absolute Gasteiger partial charge is 0.222 e. The van der Waals surface area contributed by atoms with Gasteiger partial charge in [0.05, 0.1) is 13.2 Å². The first-order valence-electron chi connectivity index (χ1n) is 17.5. The minimum atomic E-state index is -1.90. The van der Waals surface area contributed by atoms with Crippen LogP contribution >= 0.6 is 0 Å². The molecule has 4 rings (SSSR count). The highest BCUT2D eigenvalue weighted by Crippen LogP contribution is 2.70. The first-order chi connectivity index (χ1) is 20.2. The van der Waals surface area contributed by atoms with Crippen LogP contribution in [0.4, 0.5) is 0 Å². The molecule has 43 heavy (non-hydrogen) atoms. The van der Waals surface area contributed by atoms with Gasteiger partial charge < -0.3 is 14.1 Å². The fraction of sp³-hybridized carbons (Fsp3) is 0.763. The SMILES string of the molecule is C=CC12CCc3cc(OC)ccc3C1[C@@H](CCCCCC(=O)N(C)CCCC)C[C@@]1(C)C2CC[C@@H]1O[Si](C)(C)C(C)(C)C. The van der Waals surface area contributed by atoms with Gasteiger partial charge in [-0.05, 0) is 121 Å². The fourth-order valence-electron chi connectivity index (χ4n) is 9.09. The van der Waals surface area contributed by atoms with Gasteiger partial charge in [-0.2, -0.15) is 0 Å². The third-order valence-electron chi connectivity index (χ3n) is 12.5. The Labute approximate surface area is 265 Å². The van der Waals surface area contributed by atoms with Crippen LogP contribution in [-0.2, 0) is 15.6 Å². The minimum absolute atomic E-state index is 0.1000. The molecule has 4 nitrogen and oxygen atoms in total. The van der Waals surface area contributed by atoms with Crippen LogP contribution in [0.1, 0.15) is 122 Å². The van der Waals surface area contributed by atoms with Gasteiger partial charge in [0.15, 0.2) is 8.32 Å². The van der Waals surface area contributed by atoms with Crippen molar-refractivity contribution in [3.63, 3.8) is 0 Å². The van der Waals surface area contributed by atoms with Crippen LogP contribution < -0.4 is 4.74 Å². The standard InChI is InChI=1S/C38H63NO3Si/c1-11-13-25-39(7)34(40)18-16-14-15-17-29-27-37(6)32(21-22-33(37)42-43(9,10)36(3,4)5)38(12-2)24-23-28-26-30(41-8)19-20-31(28)35(29)38/h12,19-20,26,29,32-33,35H,2,11,13-18,21-25,27H2,1,3-10H3/t29-,32?,33-,35?,37-,38?/m0/s1. The van der Waals surface area contributed by atoms with E-state index in [0.717, 1.165) is 44.4 Å². The van der Waals surface area contributed by atoms with E-state index >= 15 is 0 Å². The highest BCUT2D eigenvalue weighted by Gasteiger charge is 2.64. The van der Waals surface area contributed by atoms with E-state index in [1.54, 1.807) is 12.7 Å². The van der Waals surface area contributed by atoms with E-state index in [2.05, 4.69) is 78.6 Å². The fourth-order valence-corrected chi connectivity index (χ4v) is 10.5. The second kappa shape index (κ2) is 13.4. The molecule has 0 N–H and O–H groups in total. The summed E-state index contributed by atoms with van der Waals surface area (Å²) in [6.07, 6.45) is 16.0. The van der Waals surface area contributed by atoms with Crippen molar-refractivity contribution >= 4 is 14.2 Å². The van der Waals surface area contributed by atoms with Crippen LogP contribution in [0.25, 0.3) is 0 Å². The summed E-state index contributed by atoms with van der Waals surface area (Å²) in [6, 6.07) is 6.86. The van der Waals surface area contributed by atoms with Crippen LogP contribution in [-0.4, -0.2) is 45.9 Å². The summed E-state index contributed by atoms with van der Waals surface area (Å²) in [5.74, 6) is 2.95. The first-order valence-corrected chi connectivity index (χ1v) is 20.4. The maximum absolute atomic E-state index is 12.7. The normalized spacial score (nSPS) is 30.3. The average Bonchev–Trinajstić information content (AvgIpc) is 3.29. The highest BCUT2D eigenvalue weighted by molar-refractivity contribution is 6.74. The Hall–Kier alpha value is -1.59. The lowest BCUT2D eigenvalue weighted by Gasteiger charge is -2.61. The molecule has 242 valence electrons. The number of ether oxygens (including phenoxy) is 1. The quantitative estimate of drug-likeness (QED) is 0.127. The Bertz CT molecular complexity index is 1120. The molecule has 0 bridgehead atoms. The van der Waals surface area contributed by atoms with E-state index in [1.165, 1.54) is 44.1 Å². The Balaban J connectivity index is 1.59. The van der Waals surface area contributed by atoms with Gasteiger partial charge in [-0.3, -0.25) is 4.79 Å². The Morgan fingerprint density at radius 2 is 1.91 bits per heavy atom. The third kappa shape index (κ3) is 6.69. The van der Waals surface area contributed by atoms with Crippen LogP contribution in [0.5, 0.6) is 5.75 Å². The second-order valence-corrected chi connectivity index (χ2v) is 20.9. The van der Waals surface area contributed by atoms with Gasteiger partial charge in [0.25, 0.3) is 0 Å². The van der Waals surface area contributed by atoms with Crippen molar-refractivity contribution in [2.75, 3.05) is 20.7 Å². The molecule has 0 spiro atoms. The van der Waals surface area contributed by atoms with Crippen molar-refractivity contribution in [1.29, 1.82) is 0 Å². The average molecular weight is 610 g/mol. The number of benzene rings is 1. The summed E-state index contributed by atoms with van der Waals surface area (Å²) in [7, 11) is 1.84. The summed E-state index contributed by atoms with van der Waals surface area (Å²) >= 11 is 0.